The number of amides is 6. The van der Waals surface area contributed by atoms with Gasteiger partial charge in [-0.05, 0) is 6.92 Å². The molecule has 2 aromatic heterocycles. The summed E-state index contributed by atoms with van der Waals surface area (Å²) in [5, 5.41) is 26.3. The first-order chi connectivity index (χ1) is 33.2. The van der Waals surface area contributed by atoms with E-state index in [0.29, 0.717) is 10.8 Å². The Kier molecular flexibility index (Phi) is 17.2. The zero-order valence-corrected chi connectivity index (χ0v) is 42.5. The number of anilines is 1. The molecule has 372 valence electrons. The van der Waals surface area contributed by atoms with Crippen molar-refractivity contribution in [1.82, 2.24) is 30.4 Å². The van der Waals surface area contributed by atoms with Crippen LogP contribution in [0.25, 0.3) is 0 Å². The van der Waals surface area contributed by atoms with Gasteiger partial charge in [-0.2, -0.15) is 0 Å². The quantitative estimate of drug-likeness (QED) is 0.0231. The van der Waals surface area contributed by atoms with E-state index in [9.17, 15) is 57.3 Å². The molecule has 0 aliphatic carbocycles. The van der Waals surface area contributed by atoms with Gasteiger partial charge in [0.15, 0.2) is 28.1 Å². The number of nitrogen functional groups attached to an aromatic ring is 1. The third-order valence-electron chi connectivity index (χ3n) is 11.6. The summed E-state index contributed by atoms with van der Waals surface area (Å²) in [5.74, 6) is -10.3. The Morgan fingerprint density at radius 3 is 1.92 bits per heavy atom. The molecular formula is C37H39BN11NaO17S4. The van der Waals surface area contributed by atoms with Gasteiger partial charge in [0, 0.05) is 57.7 Å². The minimum atomic E-state index is -2.34. The molecule has 0 unspecified atom stereocenters. The number of rotatable bonds is 18. The van der Waals surface area contributed by atoms with E-state index < -0.39 is 122 Å². The molecule has 2 radical (unpaired) electrons. The van der Waals surface area contributed by atoms with Crippen LogP contribution in [0.15, 0.2) is 21.1 Å². The molecule has 0 spiro atoms. The van der Waals surface area contributed by atoms with E-state index in [4.69, 9.17) is 44.4 Å². The number of nitrogens with two attached hydrogens (primary N) is 3. The number of primary amides is 2. The van der Waals surface area contributed by atoms with Crippen molar-refractivity contribution < 1.29 is 111 Å². The van der Waals surface area contributed by atoms with Crippen LogP contribution in [0.1, 0.15) is 42.1 Å². The number of hydrogen-bond acceptors (Lipinski definition) is 25. The maximum absolute atomic E-state index is 13.2. The number of carbonyl (C=O) groups excluding carboxylic acids is 10. The number of oxime groups is 2. The Bertz CT molecular complexity index is 2640. The Labute approximate surface area is 438 Å². The normalized spacial score (nSPS) is 28.0. The fourth-order valence-corrected chi connectivity index (χ4v) is 13.3. The summed E-state index contributed by atoms with van der Waals surface area (Å²) in [5.41, 5.74) is 11.3. The second-order valence-electron chi connectivity index (χ2n) is 15.8. The van der Waals surface area contributed by atoms with Gasteiger partial charge in [-0.15, -0.1) is 34.4 Å². The molecule has 6 amide bonds. The number of carbonyl (C=O) groups is 10. The minimum absolute atomic E-state index is 0. The second-order valence-corrected chi connectivity index (χ2v) is 20.5. The second kappa shape index (κ2) is 22.4. The van der Waals surface area contributed by atoms with Crippen LogP contribution in [0.2, 0.25) is 0 Å². The molecule has 8 N–H and O–H groups in total. The predicted molar refractivity (Wildman–Crippen MR) is 237 cm³/mol. The minimum Gasteiger partial charge on any atom is -0.544 e. The number of thioether (sulfide) groups is 1. The smallest absolute Gasteiger partial charge is 0.544 e. The fraction of sp³-hybridized carbons (Fsp3) is 0.514. The molecule has 8 rings (SSSR count). The van der Waals surface area contributed by atoms with Crippen LogP contribution in [0.3, 0.4) is 0 Å². The number of ether oxygens (including phenoxy) is 2. The number of aliphatic carboxylic acids is 1. The van der Waals surface area contributed by atoms with Crippen molar-refractivity contribution in [3.63, 3.8) is 0 Å². The third-order valence-corrected chi connectivity index (χ3v) is 16.3. The summed E-state index contributed by atoms with van der Waals surface area (Å²) in [4.78, 5) is 142. The van der Waals surface area contributed by atoms with Crippen LogP contribution in [0.4, 0.5) is 14.7 Å². The average molecular weight is 1070 g/mol. The van der Waals surface area contributed by atoms with Gasteiger partial charge in [0.1, 0.15) is 35.9 Å². The number of ketones is 2. The molecule has 8 heterocycles. The van der Waals surface area contributed by atoms with Gasteiger partial charge in [0.2, 0.25) is 17.5 Å². The van der Waals surface area contributed by atoms with Crippen molar-refractivity contribution >= 4 is 129 Å². The number of urea groups is 2. The summed E-state index contributed by atoms with van der Waals surface area (Å²) >= 11 is 3.68. The molecule has 71 heavy (non-hydrogen) atoms. The summed E-state index contributed by atoms with van der Waals surface area (Å²) < 4.78 is 27.5. The molecule has 6 saturated heterocycles. The van der Waals surface area contributed by atoms with E-state index >= 15 is 0 Å². The van der Waals surface area contributed by atoms with E-state index in [-0.39, 0.29) is 109 Å². The molecule has 6 aliphatic rings. The van der Waals surface area contributed by atoms with Gasteiger partial charge in [-0.3, -0.25) is 42.8 Å². The van der Waals surface area contributed by atoms with Crippen molar-refractivity contribution in [2.24, 2.45) is 45.5 Å². The largest absolute Gasteiger partial charge is 1.00 e. The van der Waals surface area contributed by atoms with Crippen LogP contribution in [0.5, 0.6) is 0 Å². The first-order valence-electron chi connectivity index (χ1n) is 20.6. The molecular weight excluding hydrogens is 1030 g/mol. The predicted octanol–water partition coefficient (Wildman–Crippen LogP) is -7.15. The van der Waals surface area contributed by atoms with Gasteiger partial charge >= 0.3 is 67.6 Å². The number of esters is 2. The first-order valence-corrected chi connectivity index (χ1v) is 24.8. The monoisotopic (exact) mass is 1070 g/mol. The molecule has 34 heteroatoms. The van der Waals surface area contributed by atoms with Crippen LogP contribution >= 0.6 is 34.4 Å². The standard InChI is InChI=1S/C19H20BN5O8S2.C18H20N6O9S2.Na/c1-8-23-11(7-34-8)14(24-31-3-2-22-18(21)30)12(26)5-10-15(28)25-16(10)35-6-9-4-13(27)32-19(9,25)17(29)33-20;19-16(30)21-1-2-32-23-12(9-5-34-17(20)22-9)10(25)4-8-13(27)24-14(8)35(31)6-7-3-11(26)33-18(7,24)15(28)29;/h7,9-10,16H,2-6H2,1H3,(H3,21,22,30);5,7-8,14H,1-4,6H2,(H2,20,22)(H,28,29)(H3,19,21,30);/q;;+1/p-1/b24-14-;23-12-;/t9-,10+,16+,19+;7-,8+,14+,18+,35-;/m00./s1. The van der Waals surface area contributed by atoms with Crippen LogP contribution in [0, 0.1) is 30.6 Å². The molecule has 0 bridgehead atoms. The summed E-state index contributed by atoms with van der Waals surface area (Å²) in [6, 6.07) is -1.51. The summed E-state index contributed by atoms with van der Waals surface area (Å²) in [7, 11) is 3.32. The van der Waals surface area contributed by atoms with E-state index in [0.717, 1.165) is 21.1 Å². The van der Waals surface area contributed by atoms with Gasteiger partial charge < -0.3 is 61.5 Å². The van der Waals surface area contributed by atoms with Crippen molar-refractivity contribution in [3.05, 3.63) is 27.2 Å². The van der Waals surface area contributed by atoms with Crippen molar-refractivity contribution in [2.45, 2.75) is 54.8 Å². The van der Waals surface area contributed by atoms with Gasteiger partial charge in [-0.25, -0.2) is 24.4 Å². The van der Waals surface area contributed by atoms with Crippen molar-refractivity contribution in [2.75, 3.05) is 43.5 Å². The number of aryl methyl sites for hydroxylation is 1. The Hall–Kier alpha value is -5.74. The van der Waals surface area contributed by atoms with E-state index in [2.05, 4.69) is 35.6 Å². The van der Waals surface area contributed by atoms with Crippen molar-refractivity contribution in [3.8, 4) is 0 Å². The maximum Gasteiger partial charge on any atom is 1.00 e. The molecule has 28 nitrogen and oxygen atoms in total. The number of aromatic nitrogens is 2. The van der Waals surface area contributed by atoms with E-state index in [1.54, 1.807) is 12.3 Å². The van der Waals surface area contributed by atoms with Gasteiger partial charge in [0.05, 0.1) is 48.1 Å². The average Bonchev–Trinajstić information content (AvgIpc) is 4.10. The molecule has 9 atom stereocenters. The molecule has 6 fully saturated rings. The van der Waals surface area contributed by atoms with Gasteiger partial charge in [0.25, 0.3) is 5.72 Å². The summed E-state index contributed by atoms with van der Waals surface area (Å²) in [6.45, 7) is 1.65. The Morgan fingerprint density at radius 1 is 0.859 bits per heavy atom. The number of fused-ring (bicyclic) bond motifs is 6. The first kappa shape index (κ1) is 54.6. The number of thiazole rings is 2. The Morgan fingerprint density at radius 2 is 1.39 bits per heavy atom. The van der Waals surface area contributed by atoms with E-state index in [1.165, 1.54) is 28.5 Å². The number of β-lactam (4-membered cyclic amide) rings is 2. The number of Topliss-reactive ketones (excluding diaryl/α,β-unsaturated/α-hetero) is 2. The fourth-order valence-electron chi connectivity index (χ4n) is 8.54. The van der Waals surface area contributed by atoms with Gasteiger partial charge in [-0.1, -0.05) is 10.3 Å². The van der Waals surface area contributed by atoms with E-state index in [1.807, 2.05) is 0 Å². The number of nitrogens with one attached hydrogen (secondary N) is 2. The topological polar surface area (TPSA) is 416 Å². The number of carboxylic acid groups (broad SMARTS) is 1. The van der Waals surface area contributed by atoms with Crippen LogP contribution in [-0.4, -0.2) is 163 Å². The van der Waals surface area contributed by atoms with Crippen molar-refractivity contribution in [1.29, 1.82) is 0 Å². The zero-order valence-electron chi connectivity index (χ0n) is 37.3. The number of nitrogens with zero attached hydrogens (tertiary/aromatic N) is 6. The zero-order chi connectivity index (χ0) is 50.8. The SMILES string of the molecule is NC(=O)NCCO/N=C(\C(=O)C[C@@H]1C(=O)N2[C@@H]1[S@@](=O)C[C@@H]1CC(=O)O[C@@]12C(=O)[O-])c1csc(N)n1.[B]OC(=O)[C@]12OC(=O)C[C@H]1CS[C@@H]1[C@H](CC(=O)/C(=N\OCCNC(N)=O)c3csc(C)n3)C(=O)N12.[Na+]. The number of carboxylic acids is 1. The molecule has 2 aromatic rings. The van der Waals surface area contributed by atoms with Crippen LogP contribution < -0.4 is 62.5 Å². The molecule has 0 saturated carbocycles. The molecule has 0 aromatic carbocycles. The van der Waals surface area contributed by atoms with Crippen LogP contribution in [-0.2, 0) is 73.0 Å². The number of hydrogen-bond donors (Lipinski definition) is 5. The Balaban J connectivity index is 0.000000229. The third kappa shape index (κ3) is 10.6. The molecule has 6 aliphatic heterocycles. The summed E-state index contributed by atoms with van der Waals surface area (Å²) in [6.07, 6.45) is -1.10. The maximum atomic E-state index is 13.2.